The zero-order valence-corrected chi connectivity index (χ0v) is 9.36. The first-order valence-corrected chi connectivity index (χ1v) is 5.37. The van der Waals surface area contributed by atoms with Gasteiger partial charge in [-0.05, 0) is 30.2 Å². The van der Waals surface area contributed by atoms with Crippen LogP contribution in [0.5, 0.6) is 0 Å². The Labute approximate surface area is 95.5 Å². The molecule has 2 rings (SSSR count). The maximum Gasteiger partial charge on any atom is 0.107 e. The lowest BCUT2D eigenvalue weighted by Crippen LogP contribution is -1.92. The van der Waals surface area contributed by atoms with Gasteiger partial charge in [-0.15, -0.1) is 0 Å². The van der Waals surface area contributed by atoms with E-state index in [1.807, 2.05) is 36.5 Å². The number of aromatic amines is 1. The average Bonchev–Trinajstić information content (AvgIpc) is 2.75. The van der Waals surface area contributed by atoms with Gasteiger partial charge >= 0.3 is 0 Å². The maximum absolute atomic E-state index is 5.04. The van der Waals surface area contributed by atoms with Gasteiger partial charge < -0.3 is 15.0 Å². The molecule has 1 aromatic heterocycles. The van der Waals surface area contributed by atoms with Gasteiger partial charge in [-0.1, -0.05) is 18.2 Å². The lowest BCUT2D eigenvalue weighted by molar-refractivity contribution is 0.202. The Balaban J connectivity index is 1.97. The van der Waals surface area contributed by atoms with Crippen molar-refractivity contribution in [1.82, 2.24) is 4.98 Å². The SMILES string of the molecule is COCCc1c[nH]c(Nc2ccccc2)c1. The van der Waals surface area contributed by atoms with Crippen molar-refractivity contribution in [3.8, 4) is 0 Å². The van der Waals surface area contributed by atoms with Crippen molar-refractivity contribution in [2.24, 2.45) is 0 Å². The summed E-state index contributed by atoms with van der Waals surface area (Å²) in [6, 6.07) is 12.2. The van der Waals surface area contributed by atoms with E-state index in [9.17, 15) is 0 Å². The second-order valence-electron chi connectivity index (χ2n) is 3.66. The summed E-state index contributed by atoms with van der Waals surface area (Å²) in [6.07, 6.45) is 2.94. The van der Waals surface area contributed by atoms with Crippen LogP contribution in [0.3, 0.4) is 0 Å². The molecule has 2 N–H and O–H groups in total. The number of hydrogen-bond acceptors (Lipinski definition) is 2. The van der Waals surface area contributed by atoms with Crippen molar-refractivity contribution in [2.45, 2.75) is 6.42 Å². The van der Waals surface area contributed by atoms with Crippen LogP contribution in [-0.4, -0.2) is 18.7 Å². The van der Waals surface area contributed by atoms with E-state index in [-0.39, 0.29) is 0 Å². The van der Waals surface area contributed by atoms with Crippen LogP contribution in [0.15, 0.2) is 42.6 Å². The van der Waals surface area contributed by atoms with E-state index < -0.39 is 0 Å². The molecular formula is C13H16N2O. The largest absolute Gasteiger partial charge is 0.384 e. The van der Waals surface area contributed by atoms with Crippen LogP contribution in [0.4, 0.5) is 11.5 Å². The maximum atomic E-state index is 5.04. The topological polar surface area (TPSA) is 37.0 Å². The summed E-state index contributed by atoms with van der Waals surface area (Å²) in [6.45, 7) is 0.753. The van der Waals surface area contributed by atoms with Gasteiger partial charge in [-0.3, -0.25) is 0 Å². The molecule has 0 aliphatic rings. The molecule has 0 spiro atoms. The van der Waals surface area contributed by atoms with Crippen LogP contribution in [0.25, 0.3) is 0 Å². The molecule has 3 nitrogen and oxygen atoms in total. The van der Waals surface area contributed by atoms with Gasteiger partial charge in [0.25, 0.3) is 0 Å². The quantitative estimate of drug-likeness (QED) is 0.806. The molecule has 0 atom stereocenters. The van der Waals surface area contributed by atoms with E-state index in [2.05, 4.69) is 16.4 Å². The van der Waals surface area contributed by atoms with Crippen LogP contribution in [0.1, 0.15) is 5.56 Å². The third kappa shape index (κ3) is 2.87. The summed E-state index contributed by atoms with van der Waals surface area (Å²) >= 11 is 0. The fourth-order valence-corrected chi connectivity index (χ4v) is 1.55. The molecule has 0 saturated heterocycles. The number of ether oxygens (including phenoxy) is 1. The molecule has 1 aromatic carbocycles. The molecule has 0 amide bonds. The van der Waals surface area contributed by atoms with E-state index in [1.54, 1.807) is 7.11 Å². The molecule has 0 unspecified atom stereocenters. The van der Waals surface area contributed by atoms with Gasteiger partial charge in [-0.2, -0.15) is 0 Å². The second kappa shape index (κ2) is 5.37. The van der Waals surface area contributed by atoms with Crippen LogP contribution in [0.2, 0.25) is 0 Å². The number of nitrogens with one attached hydrogen (secondary N) is 2. The van der Waals surface area contributed by atoms with Crippen molar-refractivity contribution in [3.63, 3.8) is 0 Å². The molecule has 0 radical (unpaired) electrons. The molecule has 0 aliphatic carbocycles. The van der Waals surface area contributed by atoms with E-state index in [1.165, 1.54) is 5.56 Å². The molecule has 2 aromatic rings. The number of H-pyrrole nitrogens is 1. The number of hydrogen-bond donors (Lipinski definition) is 2. The number of para-hydroxylation sites is 1. The fourth-order valence-electron chi connectivity index (χ4n) is 1.55. The molecule has 3 heteroatoms. The molecule has 0 fully saturated rings. The van der Waals surface area contributed by atoms with E-state index in [4.69, 9.17) is 4.74 Å². The van der Waals surface area contributed by atoms with E-state index in [0.29, 0.717) is 0 Å². The first-order valence-electron chi connectivity index (χ1n) is 5.37. The highest BCUT2D eigenvalue weighted by atomic mass is 16.5. The summed E-state index contributed by atoms with van der Waals surface area (Å²) in [5.74, 6) is 1.01. The Morgan fingerprint density at radius 1 is 1.25 bits per heavy atom. The van der Waals surface area contributed by atoms with Crippen molar-refractivity contribution in [1.29, 1.82) is 0 Å². The Morgan fingerprint density at radius 2 is 2.06 bits per heavy atom. The van der Waals surface area contributed by atoms with Crippen molar-refractivity contribution < 1.29 is 4.74 Å². The van der Waals surface area contributed by atoms with Crippen LogP contribution < -0.4 is 5.32 Å². The Hall–Kier alpha value is -1.74. The number of methoxy groups -OCH3 is 1. The summed E-state index contributed by atoms with van der Waals surface area (Å²) in [5, 5.41) is 3.30. The van der Waals surface area contributed by atoms with Crippen LogP contribution in [-0.2, 0) is 11.2 Å². The zero-order valence-electron chi connectivity index (χ0n) is 9.36. The summed E-state index contributed by atoms with van der Waals surface area (Å²) in [4.78, 5) is 3.20. The fraction of sp³-hybridized carbons (Fsp3) is 0.231. The highest BCUT2D eigenvalue weighted by Gasteiger charge is 1.99. The predicted octanol–water partition coefficient (Wildman–Crippen LogP) is 2.95. The third-order valence-corrected chi connectivity index (χ3v) is 2.39. The number of benzene rings is 1. The molecule has 1 heterocycles. The monoisotopic (exact) mass is 216 g/mol. The predicted molar refractivity (Wildman–Crippen MR) is 66.1 cm³/mol. The van der Waals surface area contributed by atoms with Gasteiger partial charge in [0.05, 0.1) is 6.61 Å². The second-order valence-corrected chi connectivity index (χ2v) is 3.66. The van der Waals surface area contributed by atoms with Crippen molar-refractivity contribution in [2.75, 3.05) is 19.0 Å². The minimum atomic E-state index is 0.753. The molecule has 16 heavy (non-hydrogen) atoms. The van der Waals surface area contributed by atoms with Gasteiger partial charge in [0, 0.05) is 19.0 Å². The molecular weight excluding hydrogens is 200 g/mol. The Morgan fingerprint density at radius 3 is 2.81 bits per heavy atom. The van der Waals surface area contributed by atoms with Gasteiger partial charge in [0.1, 0.15) is 5.82 Å². The van der Waals surface area contributed by atoms with Gasteiger partial charge in [-0.25, -0.2) is 0 Å². The molecule has 84 valence electrons. The minimum Gasteiger partial charge on any atom is -0.384 e. The third-order valence-electron chi connectivity index (χ3n) is 2.39. The summed E-state index contributed by atoms with van der Waals surface area (Å²) < 4.78 is 5.04. The first-order chi connectivity index (χ1) is 7.88. The van der Waals surface area contributed by atoms with Gasteiger partial charge in [0.2, 0.25) is 0 Å². The van der Waals surface area contributed by atoms with Crippen molar-refractivity contribution in [3.05, 3.63) is 48.2 Å². The standard InChI is InChI=1S/C13H16N2O/c1-16-8-7-11-9-13(14-10-11)15-12-5-3-2-4-6-12/h2-6,9-10,14-15H,7-8H2,1H3. The first kappa shape index (κ1) is 10.8. The average molecular weight is 216 g/mol. The number of anilines is 2. The smallest absolute Gasteiger partial charge is 0.107 e. The lowest BCUT2D eigenvalue weighted by Gasteiger charge is -2.02. The molecule has 0 saturated carbocycles. The zero-order chi connectivity index (χ0) is 11.2. The van der Waals surface area contributed by atoms with E-state index in [0.717, 1.165) is 24.5 Å². The van der Waals surface area contributed by atoms with E-state index >= 15 is 0 Å². The molecule has 0 bridgehead atoms. The van der Waals surface area contributed by atoms with Crippen molar-refractivity contribution >= 4 is 11.5 Å². The Bertz CT molecular complexity index is 423. The highest BCUT2D eigenvalue weighted by molar-refractivity contribution is 5.56. The number of rotatable bonds is 5. The number of aromatic nitrogens is 1. The molecule has 0 aliphatic heterocycles. The normalized spacial score (nSPS) is 10.3. The highest BCUT2D eigenvalue weighted by Crippen LogP contribution is 2.16. The summed E-state index contributed by atoms with van der Waals surface area (Å²) in [5.41, 5.74) is 2.34. The lowest BCUT2D eigenvalue weighted by atomic mass is 10.2. The summed E-state index contributed by atoms with van der Waals surface area (Å²) in [7, 11) is 1.72. The van der Waals surface area contributed by atoms with Crippen LogP contribution in [0, 0.1) is 0 Å². The van der Waals surface area contributed by atoms with Gasteiger partial charge in [0.15, 0.2) is 0 Å². The Kier molecular flexibility index (Phi) is 3.62. The van der Waals surface area contributed by atoms with Crippen LogP contribution >= 0.6 is 0 Å². The minimum absolute atomic E-state index is 0.753.